The van der Waals surface area contributed by atoms with Gasteiger partial charge in [-0.1, -0.05) is 0 Å². The third-order valence-electron chi connectivity index (χ3n) is 1.10. The first-order valence-corrected chi connectivity index (χ1v) is 3.84. The fourth-order valence-electron chi connectivity index (χ4n) is 0.527. The van der Waals surface area contributed by atoms with E-state index in [-0.39, 0.29) is 29.0 Å². The summed E-state index contributed by atoms with van der Waals surface area (Å²) in [7, 11) is 1.71. The Morgan fingerprint density at radius 3 is 2.55 bits per heavy atom. The number of hydrogen-bond acceptors (Lipinski definition) is 4. The Labute approximate surface area is 83.1 Å². The van der Waals surface area contributed by atoms with Crippen molar-refractivity contribution in [1.82, 2.24) is 5.32 Å². The summed E-state index contributed by atoms with van der Waals surface area (Å²) in [6.07, 6.45) is 0. The number of halogens is 1. The molecule has 5 heteroatoms. The van der Waals surface area contributed by atoms with Gasteiger partial charge in [0.1, 0.15) is 6.04 Å². The van der Waals surface area contributed by atoms with Gasteiger partial charge in [-0.2, -0.15) is 12.6 Å². The highest BCUT2D eigenvalue weighted by atomic mass is 79.9. The average Bonchev–Trinajstić information content (AvgIpc) is 1.91. The van der Waals surface area contributed by atoms with Gasteiger partial charge < -0.3 is 10.1 Å². The van der Waals surface area contributed by atoms with Gasteiger partial charge in [0, 0.05) is 5.75 Å². The predicted molar refractivity (Wildman–Crippen MR) is 53.7 cm³/mol. The lowest BCUT2D eigenvalue weighted by molar-refractivity contribution is -0.144. The molecule has 1 N–H and O–H groups in total. The number of carbonyl (C=O) groups is 1. The highest BCUT2D eigenvalue weighted by Gasteiger charge is 2.14. The van der Waals surface area contributed by atoms with Crippen LogP contribution in [0.3, 0.4) is 0 Å². The van der Waals surface area contributed by atoms with Crippen molar-refractivity contribution in [2.45, 2.75) is 13.0 Å². The molecule has 0 bridgehead atoms. The van der Waals surface area contributed by atoms with Crippen LogP contribution in [0.1, 0.15) is 6.92 Å². The second kappa shape index (κ2) is 8.36. The summed E-state index contributed by atoms with van der Waals surface area (Å²) >= 11 is 3.96. The fourth-order valence-corrected chi connectivity index (χ4v) is 0.858. The lowest BCUT2D eigenvalue weighted by Crippen LogP contribution is -2.37. The Bertz CT molecular complexity index is 109. The summed E-state index contributed by atoms with van der Waals surface area (Å²) in [5, 5.41) is 2.79. The Balaban J connectivity index is 0. The number of likely N-dealkylation sites (N-methyl/N-ethyl adjacent to an activating group) is 1. The van der Waals surface area contributed by atoms with Crippen molar-refractivity contribution >= 4 is 35.6 Å². The average molecular weight is 244 g/mol. The highest BCUT2D eigenvalue weighted by Crippen LogP contribution is 1.90. The minimum atomic E-state index is -0.275. The topological polar surface area (TPSA) is 38.3 Å². The van der Waals surface area contributed by atoms with Gasteiger partial charge in [-0.05, 0) is 14.0 Å². The Morgan fingerprint density at radius 2 is 2.27 bits per heavy atom. The quantitative estimate of drug-likeness (QED) is 0.563. The van der Waals surface area contributed by atoms with Gasteiger partial charge >= 0.3 is 5.97 Å². The number of nitrogens with one attached hydrogen (secondary N) is 1. The van der Waals surface area contributed by atoms with Gasteiger partial charge in [-0.3, -0.25) is 4.79 Å². The summed E-state index contributed by atoms with van der Waals surface area (Å²) in [4.78, 5) is 10.9. The summed E-state index contributed by atoms with van der Waals surface area (Å²) in [6, 6.07) is -0.275. The van der Waals surface area contributed by atoms with Crippen molar-refractivity contribution in [2.24, 2.45) is 0 Å². The molecule has 0 aliphatic carbocycles. The van der Waals surface area contributed by atoms with Crippen LogP contribution in [0.15, 0.2) is 0 Å². The molecule has 0 saturated carbocycles. The third-order valence-corrected chi connectivity index (χ3v) is 1.47. The fraction of sp³-hybridized carbons (Fsp3) is 0.833. The molecular formula is C6H14BrNO2S. The molecule has 0 heterocycles. The lowest BCUT2D eigenvalue weighted by Gasteiger charge is -2.10. The first kappa shape index (κ1) is 13.8. The third kappa shape index (κ3) is 5.52. The number of thiol groups is 1. The van der Waals surface area contributed by atoms with Gasteiger partial charge in [-0.15, -0.1) is 17.0 Å². The molecular weight excluding hydrogens is 230 g/mol. The predicted octanol–water partition coefficient (Wildman–Crippen LogP) is 0.645. The molecule has 1 atom stereocenters. The number of esters is 1. The standard InChI is InChI=1S/C6H13NO2S.BrH/c1-3-9-6(8)5(4-10)7-2;/h5,7,10H,3-4H2,1-2H3;1H. The SMILES string of the molecule is Br.CCOC(=O)C(CS)NC. The van der Waals surface area contributed by atoms with E-state index in [0.717, 1.165) is 0 Å². The minimum absolute atomic E-state index is 0. The number of rotatable bonds is 4. The molecule has 1 unspecified atom stereocenters. The zero-order chi connectivity index (χ0) is 7.98. The summed E-state index contributed by atoms with van der Waals surface area (Å²) in [5.41, 5.74) is 0. The minimum Gasteiger partial charge on any atom is -0.465 e. The Kier molecular flexibility index (Phi) is 10.5. The molecule has 11 heavy (non-hydrogen) atoms. The molecule has 0 amide bonds. The van der Waals surface area contributed by atoms with Crippen molar-refractivity contribution in [2.75, 3.05) is 19.4 Å². The molecule has 0 aliphatic heterocycles. The molecule has 3 nitrogen and oxygen atoms in total. The van der Waals surface area contributed by atoms with Crippen molar-refractivity contribution in [3.63, 3.8) is 0 Å². The van der Waals surface area contributed by atoms with Crippen LogP contribution < -0.4 is 5.32 Å². The molecule has 0 aliphatic rings. The van der Waals surface area contributed by atoms with E-state index in [1.54, 1.807) is 14.0 Å². The summed E-state index contributed by atoms with van der Waals surface area (Å²) in [5.74, 6) is 0.231. The number of carbonyl (C=O) groups excluding carboxylic acids is 1. The molecule has 0 fully saturated rings. The number of hydrogen-bond donors (Lipinski definition) is 2. The molecule has 0 rings (SSSR count). The Morgan fingerprint density at radius 1 is 1.73 bits per heavy atom. The van der Waals surface area contributed by atoms with Gasteiger partial charge in [0.15, 0.2) is 0 Å². The van der Waals surface area contributed by atoms with E-state index in [0.29, 0.717) is 12.4 Å². The van der Waals surface area contributed by atoms with Crippen molar-refractivity contribution in [3.05, 3.63) is 0 Å². The van der Waals surface area contributed by atoms with Crippen LogP contribution in [-0.4, -0.2) is 31.4 Å². The zero-order valence-corrected chi connectivity index (χ0v) is 9.27. The highest BCUT2D eigenvalue weighted by molar-refractivity contribution is 8.93. The summed E-state index contributed by atoms with van der Waals surface area (Å²) < 4.78 is 4.74. The lowest BCUT2D eigenvalue weighted by atomic mass is 10.3. The molecule has 0 spiro atoms. The van der Waals surface area contributed by atoms with E-state index in [4.69, 9.17) is 4.74 Å². The van der Waals surface area contributed by atoms with Crippen LogP contribution in [-0.2, 0) is 9.53 Å². The van der Waals surface area contributed by atoms with Gasteiger partial charge in [0.25, 0.3) is 0 Å². The molecule has 0 saturated heterocycles. The second-order valence-corrected chi connectivity index (χ2v) is 2.14. The van der Waals surface area contributed by atoms with E-state index in [1.165, 1.54) is 0 Å². The maximum atomic E-state index is 10.9. The van der Waals surface area contributed by atoms with E-state index in [1.807, 2.05) is 0 Å². The van der Waals surface area contributed by atoms with Crippen LogP contribution in [0, 0.1) is 0 Å². The zero-order valence-electron chi connectivity index (χ0n) is 6.66. The maximum Gasteiger partial charge on any atom is 0.323 e. The smallest absolute Gasteiger partial charge is 0.323 e. The molecule has 0 aromatic carbocycles. The van der Waals surface area contributed by atoms with Crippen LogP contribution >= 0.6 is 29.6 Å². The van der Waals surface area contributed by atoms with Crippen LogP contribution in [0.25, 0.3) is 0 Å². The van der Waals surface area contributed by atoms with Crippen LogP contribution in [0.4, 0.5) is 0 Å². The van der Waals surface area contributed by atoms with Gasteiger partial charge in [-0.25, -0.2) is 0 Å². The monoisotopic (exact) mass is 243 g/mol. The first-order valence-electron chi connectivity index (χ1n) is 3.21. The molecule has 0 aromatic rings. The van der Waals surface area contributed by atoms with Crippen molar-refractivity contribution < 1.29 is 9.53 Å². The first-order chi connectivity index (χ1) is 4.76. The normalized spacial score (nSPS) is 11.5. The van der Waals surface area contributed by atoms with E-state index < -0.39 is 0 Å². The molecule has 0 aromatic heterocycles. The van der Waals surface area contributed by atoms with Gasteiger partial charge in [0.2, 0.25) is 0 Å². The van der Waals surface area contributed by atoms with E-state index in [2.05, 4.69) is 17.9 Å². The Hall–Kier alpha value is 0.260. The van der Waals surface area contributed by atoms with E-state index >= 15 is 0 Å². The van der Waals surface area contributed by atoms with Crippen molar-refractivity contribution in [1.29, 1.82) is 0 Å². The molecule has 0 radical (unpaired) electrons. The second-order valence-electron chi connectivity index (χ2n) is 1.78. The molecule has 68 valence electrons. The number of ether oxygens (including phenoxy) is 1. The van der Waals surface area contributed by atoms with Gasteiger partial charge in [0.05, 0.1) is 6.61 Å². The van der Waals surface area contributed by atoms with Crippen LogP contribution in [0.2, 0.25) is 0 Å². The largest absolute Gasteiger partial charge is 0.465 e. The van der Waals surface area contributed by atoms with Crippen molar-refractivity contribution in [3.8, 4) is 0 Å². The summed E-state index contributed by atoms with van der Waals surface area (Å²) in [6.45, 7) is 2.20. The maximum absolute atomic E-state index is 10.9. The van der Waals surface area contributed by atoms with E-state index in [9.17, 15) is 4.79 Å². The van der Waals surface area contributed by atoms with Crippen LogP contribution in [0.5, 0.6) is 0 Å².